The summed E-state index contributed by atoms with van der Waals surface area (Å²) in [7, 11) is 0.544. The number of hydrogen-bond acceptors (Lipinski definition) is 5. The van der Waals surface area contributed by atoms with Gasteiger partial charge < -0.3 is 14.0 Å². The Balaban J connectivity index is 1.54. The molecule has 33 heavy (non-hydrogen) atoms. The molecule has 8 heteroatoms. The second kappa shape index (κ2) is 8.06. The van der Waals surface area contributed by atoms with E-state index in [9.17, 15) is 13.8 Å². The Kier molecular flexibility index (Phi) is 5.31. The van der Waals surface area contributed by atoms with E-state index in [2.05, 4.69) is 5.32 Å². The van der Waals surface area contributed by atoms with Gasteiger partial charge in [-0.25, -0.2) is 0 Å². The van der Waals surface area contributed by atoms with Crippen LogP contribution < -0.4 is 5.32 Å². The number of fused-ring (bicyclic) bond motifs is 1. The number of benzene rings is 2. The third-order valence-electron chi connectivity index (χ3n) is 5.89. The van der Waals surface area contributed by atoms with Crippen molar-refractivity contribution in [3.05, 3.63) is 65.9 Å². The lowest BCUT2D eigenvalue weighted by Gasteiger charge is -2.17. The molecule has 2 atom stereocenters. The first-order valence-corrected chi connectivity index (χ1v) is 12.0. The first-order valence-electron chi connectivity index (χ1n) is 10.7. The van der Waals surface area contributed by atoms with Crippen LogP contribution in [-0.2, 0) is 36.9 Å². The minimum atomic E-state index is -1.36. The molecule has 0 aliphatic carbocycles. The molecule has 0 spiro atoms. The van der Waals surface area contributed by atoms with Crippen LogP contribution in [0.15, 0.2) is 59.6 Å². The van der Waals surface area contributed by atoms with Gasteiger partial charge in [0.25, 0.3) is 11.8 Å². The average Bonchev–Trinajstić information content (AvgIpc) is 3.40. The minimum Gasteiger partial charge on any atom is -0.350 e. The van der Waals surface area contributed by atoms with Gasteiger partial charge in [0, 0.05) is 34.6 Å². The van der Waals surface area contributed by atoms with Crippen LogP contribution in [-0.4, -0.2) is 44.8 Å². The number of carbonyl (C=O) groups excluding carboxylic acids is 2. The van der Waals surface area contributed by atoms with Crippen LogP contribution in [0.5, 0.6) is 0 Å². The number of aromatic nitrogens is 1. The number of amides is 2. The van der Waals surface area contributed by atoms with E-state index in [0.29, 0.717) is 28.2 Å². The molecule has 1 fully saturated rings. The third-order valence-corrected chi connectivity index (χ3v) is 7.34. The molecule has 1 saturated heterocycles. The van der Waals surface area contributed by atoms with E-state index in [0.717, 1.165) is 10.9 Å². The van der Waals surface area contributed by atoms with Crippen molar-refractivity contribution in [2.45, 2.75) is 30.6 Å². The lowest BCUT2D eigenvalue weighted by molar-refractivity contribution is -0.135. The zero-order valence-electron chi connectivity index (χ0n) is 18.6. The van der Waals surface area contributed by atoms with Crippen LogP contribution >= 0.6 is 0 Å². The SMILES string of the molecule is Cn1cc(C2=C(c3cccc([S@](=O)CC4COC(C)(C)O4)c3)C(=O)NC2=O)c2ccccc21. The molecule has 1 N–H and O–H groups in total. The maximum absolute atomic E-state index is 13.0. The molecule has 3 aromatic rings. The highest BCUT2D eigenvalue weighted by atomic mass is 32.2. The van der Waals surface area contributed by atoms with Gasteiger partial charge in [0.2, 0.25) is 0 Å². The Morgan fingerprint density at radius 2 is 1.85 bits per heavy atom. The number of nitrogens with zero attached hydrogens (tertiary/aromatic N) is 1. The lowest BCUT2D eigenvalue weighted by Crippen LogP contribution is -2.24. The van der Waals surface area contributed by atoms with Crippen molar-refractivity contribution in [2.75, 3.05) is 12.4 Å². The summed E-state index contributed by atoms with van der Waals surface area (Å²) in [5.41, 5.74) is 2.82. The molecule has 2 aliphatic rings. The molecule has 2 aliphatic heterocycles. The molecule has 7 nitrogen and oxygen atoms in total. The molecule has 3 heterocycles. The summed E-state index contributed by atoms with van der Waals surface area (Å²) in [6, 6.07) is 14.7. The summed E-state index contributed by atoms with van der Waals surface area (Å²) >= 11 is 0. The van der Waals surface area contributed by atoms with E-state index in [4.69, 9.17) is 9.47 Å². The Bertz CT molecular complexity index is 1350. The zero-order chi connectivity index (χ0) is 23.3. The first-order chi connectivity index (χ1) is 15.7. The average molecular weight is 465 g/mol. The lowest BCUT2D eigenvalue weighted by atomic mass is 9.96. The second-order valence-electron chi connectivity index (χ2n) is 8.69. The van der Waals surface area contributed by atoms with Gasteiger partial charge in [-0.1, -0.05) is 30.3 Å². The number of hydrogen-bond donors (Lipinski definition) is 1. The van der Waals surface area contributed by atoms with Gasteiger partial charge in [0.1, 0.15) is 0 Å². The van der Waals surface area contributed by atoms with Gasteiger partial charge in [0.05, 0.1) is 40.4 Å². The number of ether oxygens (including phenoxy) is 2. The fraction of sp³-hybridized carbons (Fsp3) is 0.280. The molecule has 2 amide bonds. The van der Waals surface area contributed by atoms with E-state index in [-0.39, 0.29) is 17.4 Å². The van der Waals surface area contributed by atoms with Crippen LogP contribution in [0.1, 0.15) is 25.0 Å². The Labute approximate surface area is 193 Å². The highest BCUT2D eigenvalue weighted by Gasteiger charge is 2.35. The smallest absolute Gasteiger partial charge is 0.259 e. The van der Waals surface area contributed by atoms with Gasteiger partial charge in [-0.3, -0.25) is 19.1 Å². The fourth-order valence-electron chi connectivity index (χ4n) is 4.43. The van der Waals surface area contributed by atoms with Crippen molar-refractivity contribution in [1.82, 2.24) is 9.88 Å². The molecule has 1 unspecified atom stereocenters. The largest absolute Gasteiger partial charge is 0.350 e. The van der Waals surface area contributed by atoms with Crippen LogP contribution in [0, 0.1) is 0 Å². The monoisotopic (exact) mass is 464 g/mol. The Morgan fingerprint density at radius 1 is 1.09 bits per heavy atom. The van der Waals surface area contributed by atoms with Gasteiger partial charge in [-0.2, -0.15) is 0 Å². The van der Waals surface area contributed by atoms with E-state index < -0.39 is 28.4 Å². The van der Waals surface area contributed by atoms with E-state index >= 15 is 0 Å². The van der Waals surface area contributed by atoms with Gasteiger partial charge in [-0.05, 0) is 37.6 Å². The van der Waals surface area contributed by atoms with E-state index in [1.807, 2.05) is 55.9 Å². The van der Waals surface area contributed by atoms with Crippen molar-refractivity contribution in [3.63, 3.8) is 0 Å². The number of carbonyl (C=O) groups is 2. The van der Waals surface area contributed by atoms with Crippen LogP contribution in [0.25, 0.3) is 22.0 Å². The standard InChI is InChI=1S/C25H24N2O5S/c1-25(2)31-13-16(32-25)14-33(30)17-8-6-7-15(11-17)21-22(24(29)26-23(21)28)19-12-27(3)20-10-5-4-9-18(19)20/h4-12,16H,13-14H2,1-3H3,(H,26,28,29)/t16?,33-/m1/s1. The van der Waals surface area contributed by atoms with Crippen molar-refractivity contribution in [2.24, 2.45) is 7.05 Å². The van der Waals surface area contributed by atoms with E-state index in [1.165, 1.54) is 0 Å². The molecule has 170 valence electrons. The van der Waals surface area contributed by atoms with Crippen LogP contribution in [0.4, 0.5) is 0 Å². The quantitative estimate of drug-likeness (QED) is 0.587. The minimum absolute atomic E-state index is 0.272. The maximum atomic E-state index is 13.0. The number of para-hydroxylation sites is 1. The Morgan fingerprint density at radius 3 is 2.61 bits per heavy atom. The second-order valence-corrected chi connectivity index (χ2v) is 10.2. The summed E-state index contributed by atoms with van der Waals surface area (Å²) in [5.74, 6) is -1.29. The Hall–Kier alpha value is -3.07. The predicted molar refractivity (Wildman–Crippen MR) is 126 cm³/mol. The summed E-state index contributed by atoms with van der Waals surface area (Å²) in [5, 5.41) is 3.32. The van der Waals surface area contributed by atoms with Gasteiger partial charge in [0.15, 0.2) is 5.79 Å². The van der Waals surface area contributed by atoms with Crippen molar-refractivity contribution < 1.29 is 23.3 Å². The number of rotatable bonds is 5. The molecule has 0 saturated carbocycles. The van der Waals surface area contributed by atoms with Crippen molar-refractivity contribution in [1.29, 1.82) is 0 Å². The number of aryl methyl sites for hydroxylation is 1. The van der Waals surface area contributed by atoms with Crippen molar-refractivity contribution >= 4 is 44.7 Å². The summed E-state index contributed by atoms with van der Waals surface area (Å²) < 4.78 is 26.3. The molecular formula is C25H24N2O5S. The fourth-order valence-corrected chi connectivity index (χ4v) is 5.62. The highest BCUT2D eigenvalue weighted by molar-refractivity contribution is 7.85. The summed E-state index contributed by atoms with van der Waals surface area (Å²) in [6.07, 6.45) is 1.59. The summed E-state index contributed by atoms with van der Waals surface area (Å²) in [4.78, 5) is 26.2. The normalized spacial score (nSPS) is 21.1. The third kappa shape index (κ3) is 3.94. The molecular weight excluding hydrogens is 440 g/mol. The predicted octanol–water partition coefficient (Wildman–Crippen LogP) is 3.00. The van der Waals surface area contributed by atoms with Crippen molar-refractivity contribution in [3.8, 4) is 0 Å². The van der Waals surface area contributed by atoms with Crippen LogP contribution in [0.3, 0.4) is 0 Å². The highest BCUT2D eigenvalue weighted by Crippen LogP contribution is 2.36. The summed E-state index contributed by atoms with van der Waals surface area (Å²) in [6.45, 7) is 4.03. The molecule has 0 radical (unpaired) electrons. The van der Waals surface area contributed by atoms with Gasteiger partial charge in [-0.15, -0.1) is 0 Å². The molecule has 0 bridgehead atoms. The van der Waals surface area contributed by atoms with Crippen LogP contribution in [0.2, 0.25) is 0 Å². The topological polar surface area (TPSA) is 86.6 Å². The number of nitrogens with one attached hydrogen (secondary N) is 1. The van der Waals surface area contributed by atoms with E-state index in [1.54, 1.807) is 24.3 Å². The van der Waals surface area contributed by atoms with Gasteiger partial charge >= 0.3 is 0 Å². The maximum Gasteiger partial charge on any atom is 0.259 e. The zero-order valence-corrected chi connectivity index (χ0v) is 19.4. The molecule has 1 aromatic heterocycles. The molecule has 5 rings (SSSR count). The number of imide groups is 1. The molecule has 2 aromatic carbocycles. The first kappa shape index (κ1) is 21.8.